The molecule has 1 unspecified atom stereocenters. The molecule has 0 saturated heterocycles. The van der Waals surface area contributed by atoms with Crippen LogP contribution in [0.1, 0.15) is 11.3 Å². The maximum Gasteiger partial charge on any atom is 0.196 e. The number of aliphatic hydroxyl groups excluding tert-OH is 1. The van der Waals surface area contributed by atoms with E-state index in [1.165, 1.54) is 11.8 Å². The van der Waals surface area contributed by atoms with Gasteiger partial charge in [0.2, 0.25) is 0 Å². The largest absolute Gasteiger partial charge is 0.493 e. The van der Waals surface area contributed by atoms with Gasteiger partial charge in [0.25, 0.3) is 0 Å². The summed E-state index contributed by atoms with van der Waals surface area (Å²) >= 11 is 1.41. The number of allylic oxidation sites excluding steroid dienone is 1. The van der Waals surface area contributed by atoms with Crippen LogP contribution in [0.4, 0.5) is 0 Å². The number of benzene rings is 2. The lowest BCUT2D eigenvalue weighted by molar-refractivity contribution is 0.124. The Morgan fingerprint density at radius 2 is 1.97 bits per heavy atom. The minimum absolute atomic E-state index is 0.122. The van der Waals surface area contributed by atoms with E-state index in [0.29, 0.717) is 28.2 Å². The first-order chi connectivity index (χ1) is 16.6. The van der Waals surface area contributed by atoms with Gasteiger partial charge in [-0.15, -0.1) is 16.8 Å². The van der Waals surface area contributed by atoms with E-state index in [1.54, 1.807) is 13.4 Å². The third-order valence-electron chi connectivity index (χ3n) is 5.19. The van der Waals surface area contributed by atoms with E-state index in [9.17, 15) is 5.11 Å². The molecule has 34 heavy (non-hydrogen) atoms. The molecule has 2 heterocycles. The molecule has 176 valence electrons. The smallest absolute Gasteiger partial charge is 0.196 e. The first-order valence-corrected chi connectivity index (χ1v) is 11.9. The third-order valence-corrected chi connectivity index (χ3v) is 6.27. The summed E-state index contributed by atoms with van der Waals surface area (Å²) in [6.45, 7) is 5.78. The SMILES string of the molecule is C=CCc1ccc(OCC(O)CSc2nnc(-c3ccoc3C)n2-c2ccccc2)c(OC)c1. The summed E-state index contributed by atoms with van der Waals surface area (Å²) in [5.41, 5.74) is 2.89. The summed E-state index contributed by atoms with van der Waals surface area (Å²) in [5, 5.41) is 20.1. The van der Waals surface area contributed by atoms with Crippen molar-refractivity contribution < 1.29 is 19.0 Å². The minimum atomic E-state index is -0.720. The van der Waals surface area contributed by atoms with Crippen LogP contribution in [0.25, 0.3) is 17.1 Å². The standard InChI is InChI=1S/C26H27N3O4S/c1-4-8-19-11-12-23(24(15-19)31-3)33-16-21(30)17-34-26-28-27-25(22-13-14-32-18(22)2)29(26)20-9-6-5-7-10-20/h4-7,9-15,21,30H,1,8,16-17H2,2-3H3. The number of aliphatic hydroxyl groups is 1. The molecule has 0 aliphatic carbocycles. The Morgan fingerprint density at radius 3 is 2.68 bits per heavy atom. The highest BCUT2D eigenvalue weighted by Crippen LogP contribution is 2.31. The molecular weight excluding hydrogens is 450 g/mol. The number of ether oxygens (including phenoxy) is 2. The number of aromatic nitrogens is 3. The van der Waals surface area contributed by atoms with Gasteiger partial charge in [0.05, 0.1) is 25.0 Å². The van der Waals surface area contributed by atoms with E-state index in [4.69, 9.17) is 13.9 Å². The lowest BCUT2D eigenvalue weighted by atomic mass is 10.1. The van der Waals surface area contributed by atoms with Crippen LogP contribution in [0.3, 0.4) is 0 Å². The predicted molar refractivity (Wildman–Crippen MR) is 133 cm³/mol. The Bertz CT molecular complexity index is 1240. The van der Waals surface area contributed by atoms with E-state index >= 15 is 0 Å². The Morgan fingerprint density at radius 1 is 1.15 bits per heavy atom. The summed E-state index contributed by atoms with van der Waals surface area (Å²) < 4.78 is 18.7. The van der Waals surface area contributed by atoms with Crippen LogP contribution < -0.4 is 9.47 Å². The van der Waals surface area contributed by atoms with Crippen molar-refractivity contribution in [2.24, 2.45) is 0 Å². The molecule has 4 rings (SSSR count). The van der Waals surface area contributed by atoms with E-state index in [0.717, 1.165) is 29.0 Å². The average molecular weight is 478 g/mol. The molecule has 2 aromatic heterocycles. The highest BCUT2D eigenvalue weighted by molar-refractivity contribution is 7.99. The number of thioether (sulfide) groups is 1. The maximum absolute atomic E-state index is 10.6. The van der Waals surface area contributed by atoms with Crippen molar-refractivity contribution in [1.82, 2.24) is 14.8 Å². The molecule has 8 heteroatoms. The molecule has 7 nitrogen and oxygen atoms in total. The molecule has 2 aromatic carbocycles. The second-order valence-corrected chi connectivity index (χ2v) is 8.61. The number of methoxy groups -OCH3 is 1. The minimum Gasteiger partial charge on any atom is -0.493 e. The van der Waals surface area contributed by atoms with E-state index in [2.05, 4.69) is 16.8 Å². The molecule has 0 spiro atoms. The van der Waals surface area contributed by atoms with Gasteiger partial charge in [0.1, 0.15) is 12.4 Å². The van der Waals surface area contributed by atoms with Gasteiger partial charge in [-0.05, 0) is 49.2 Å². The van der Waals surface area contributed by atoms with E-state index < -0.39 is 6.10 Å². The second kappa shape index (κ2) is 11.1. The second-order valence-electron chi connectivity index (χ2n) is 7.62. The zero-order valence-corrected chi connectivity index (χ0v) is 20.0. The van der Waals surface area contributed by atoms with Gasteiger partial charge in [-0.3, -0.25) is 4.57 Å². The number of nitrogens with zero attached hydrogens (tertiary/aromatic N) is 3. The number of para-hydroxylation sites is 1. The van der Waals surface area contributed by atoms with Gasteiger partial charge in [-0.1, -0.05) is 42.1 Å². The molecule has 1 N–H and O–H groups in total. The summed E-state index contributed by atoms with van der Waals surface area (Å²) in [6, 6.07) is 17.5. The third kappa shape index (κ3) is 5.35. The van der Waals surface area contributed by atoms with Crippen LogP contribution in [-0.2, 0) is 6.42 Å². The Labute approximate surface area is 203 Å². The zero-order chi connectivity index (χ0) is 23.9. The summed E-state index contributed by atoms with van der Waals surface area (Å²) in [4.78, 5) is 0. The van der Waals surface area contributed by atoms with E-state index in [1.807, 2.05) is 72.2 Å². The van der Waals surface area contributed by atoms with Crippen molar-refractivity contribution in [1.29, 1.82) is 0 Å². The zero-order valence-electron chi connectivity index (χ0n) is 19.2. The molecule has 0 fully saturated rings. The summed E-state index contributed by atoms with van der Waals surface area (Å²) in [6.07, 6.45) is 3.51. The fourth-order valence-electron chi connectivity index (χ4n) is 3.49. The number of rotatable bonds is 11. The summed E-state index contributed by atoms with van der Waals surface area (Å²) in [7, 11) is 1.60. The molecular formula is C26H27N3O4S. The van der Waals surface area contributed by atoms with Crippen LogP contribution in [0, 0.1) is 6.92 Å². The predicted octanol–water partition coefficient (Wildman–Crippen LogP) is 5.10. The average Bonchev–Trinajstić information content (AvgIpc) is 3.48. The van der Waals surface area contributed by atoms with Gasteiger partial charge in [-0.25, -0.2) is 0 Å². The van der Waals surface area contributed by atoms with Crippen molar-refractivity contribution in [3.05, 3.63) is 84.8 Å². The van der Waals surface area contributed by atoms with Crippen molar-refractivity contribution in [3.8, 4) is 28.6 Å². The molecule has 1 atom stereocenters. The highest BCUT2D eigenvalue weighted by atomic mass is 32.2. The number of aryl methyl sites for hydroxylation is 1. The molecule has 0 saturated carbocycles. The number of hydrogen-bond donors (Lipinski definition) is 1. The van der Waals surface area contributed by atoms with Crippen molar-refractivity contribution in [2.75, 3.05) is 19.5 Å². The number of hydrogen-bond acceptors (Lipinski definition) is 7. The Hall–Kier alpha value is -3.49. The summed E-state index contributed by atoms with van der Waals surface area (Å²) in [5.74, 6) is 3.05. The van der Waals surface area contributed by atoms with Crippen LogP contribution in [0.15, 0.2) is 83.1 Å². The monoisotopic (exact) mass is 477 g/mol. The van der Waals surface area contributed by atoms with Gasteiger partial charge in [0.15, 0.2) is 22.5 Å². The fraction of sp³-hybridized carbons (Fsp3) is 0.231. The van der Waals surface area contributed by atoms with Crippen molar-refractivity contribution in [3.63, 3.8) is 0 Å². The fourth-order valence-corrected chi connectivity index (χ4v) is 4.35. The number of furan rings is 1. The lowest BCUT2D eigenvalue weighted by Crippen LogP contribution is -2.20. The molecule has 0 aliphatic rings. The van der Waals surface area contributed by atoms with Gasteiger partial charge in [0, 0.05) is 11.4 Å². The van der Waals surface area contributed by atoms with Crippen LogP contribution in [-0.4, -0.2) is 45.4 Å². The Balaban J connectivity index is 1.46. The van der Waals surface area contributed by atoms with Gasteiger partial charge in [-0.2, -0.15) is 0 Å². The molecule has 0 bridgehead atoms. The van der Waals surface area contributed by atoms with Crippen molar-refractivity contribution >= 4 is 11.8 Å². The molecule has 0 aliphatic heterocycles. The first kappa shape index (κ1) is 23.7. The highest BCUT2D eigenvalue weighted by Gasteiger charge is 2.20. The topological polar surface area (TPSA) is 82.5 Å². The maximum atomic E-state index is 10.6. The lowest BCUT2D eigenvalue weighted by Gasteiger charge is -2.15. The van der Waals surface area contributed by atoms with Crippen LogP contribution >= 0.6 is 11.8 Å². The van der Waals surface area contributed by atoms with Gasteiger partial charge < -0.3 is 19.0 Å². The normalized spacial score (nSPS) is 11.9. The molecule has 0 radical (unpaired) electrons. The van der Waals surface area contributed by atoms with E-state index in [-0.39, 0.29) is 6.61 Å². The quantitative estimate of drug-likeness (QED) is 0.238. The Kier molecular flexibility index (Phi) is 7.72. The first-order valence-electron chi connectivity index (χ1n) is 10.9. The van der Waals surface area contributed by atoms with Crippen LogP contribution in [0.2, 0.25) is 0 Å². The molecule has 4 aromatic rings. The van der Waals surface area contributed by atoms with Gasteiger partial charge >= 0.3 is 0 Å². The molecule has 0 amide bonds. The van der Waals surface area contributed by atoms with Crippen molar-refractivity contribution in [2.45, 2.75) is 24.6 Å². The van der Waals surface area contributed by atoms with Crippen LogP contribution in [0.5, 0.6) is 11.5 Å².